The number of fused-ring (bicyclic) bond motifs is 1. The molecule has 1 aliphatic rings. The zero-order valence-electron chi connectivity index (χ0n) is 12.6. The van der Waals surface area contributed by atoms with Gasteiger partial charge >= 0.3 is 0 Å². The number of anilines is 1. The predicted molar refractivity (Wildman–Crippen MR) is 88.8 cm³/mol. The number of hydrogen-bond donors (Lipinski definition) is 0. The van der Waals surface area contributed by atoms with E-state index in [-0.39, 0.29) is 17.5 Å². The molecule has 0 saturated carbocycles. The Morgan fingerprint density at radius 1 is 1.09 bits per heavy atom. The SMILES string of the molecule is O=C(CCSc1ccc(F)cc1)N1CCCc2cc(F)ccc21. The number of carbonyl (C=O) groups excluding carboxylic acids is 1. The number of rotatable bonds is 4. The van der Waals surface area contributed by atoms with Crippen LogP contribution in [0.5, 0.6) is 0 Å². The first kappa shape index (κ1) is 16.0. The number of aryl methyl sites for hydroxylation is 1. The van der Waals surface area contributed by atoms with Crippen molar-refractivity contribution < 1.29 is 13.6 Å². The molecule has 0 unspecified atom stereocenters. The van der Waals surface area contributed by atoms with Crippen LogP contribution in [-0.4, -0.2) is 18.2 Å². The Morgan fingerprint density at radius 2 is 1.83 bits per heavy atom. The molecule has 0 bridgehead atoms. The van der Waals surface area contributed by atoms with Crippen LogP contribution < -0.4 is 4.90 Å². The summed E-state index contributed by atoms with van der Waals surface area (Å²) in [4.78, 5) is 15.1. The van der Waals surface area contributed by atoms with Crippen LogP contribution in [0.25, 0.3) is 0 Å². The monoisotopic (exact) mass is 333 g/mol. The Balaban J connectivity index is 1.60. The highest BCUT2D eigenvalue weighted by Crippen LogP contribution is 2.29. The number of benzene rings is 2. The lowest BCUT2D eigenvalue weighted by Crippen LogP contribution is -2.35. The molecule has 0 spiro atoms. The van der Waals surface area contributed by atoms with Crippen LogP contribution in [0.15, 0.2) is 47.4 Å². The van der Waals surface area contributed by atoms with Crippen molar-refractivity contribution >= 4 is 23.4 Å². The average Bonchev–Trinajstić information content (AvgIpc) is 2.55. The maximum Gasteiger partial charge on any atom is 0.227 e. The molecule has 5 heteroatoms. The quantitative estimate of drug-likeness (QED) is 0.772. The van der Waals surface area contributed by atoms with Crippen LogP contribution in [-0.2, 0) is 11.2 Å². The van der Waals surface area contributed by atoms with Crippen LogP contribution in [0.3, 0.4) is 0 Å². The molecule has 0 radical (unpaired) electrons. The highest BCUT2D eigenvalue weighted by Gasteiger charge is 2.22. The molecule has 0 aromatic heterocycles. The summed E-state index contributed by atoms with van der Waals surface area (Å²) in [6.07, 6.45) is 2.06. The molecule has 1 amide bonds. The van der Waals surface area contributed by atoms with Gasteiger partial charge in [-0.05, 0) is 60.9 Å². The van der Waals surface area contributed by atoms with Gasteiger partial charge in [0, 0.05) is 29.3 Å². The lowest BCUT2D eigenvalue weighted by molar-refractivity contribution is -0.118. The Morgan fingerprint density at radius 3 is 2.61 bits per heavy atom. The zero-order chi connectivity index (χ0) is 16.2. The minimum Gasteiger partial charge on any atom is -0.312 e. The van der Waals surface area contributed by atoms with Gasteiger partial charge in [0.2, 0.25) is 5.91 Å². The molecule has 2 aromatic carbocycles. The summed E-state index contributed by atoms with van der Waals surface area (Å²) in [6.45, 7) is 0.679. The van der Waals surface area contributed by atoms with Crippen molar-refractivity contribution in [3.63, 3.8) is 0 Å². The van der Waals surface area contributed by atoms with E-state index in [2.05, 4.69) is 0 Å². The number of carbonyl (C=O) groups is 1. The fourth-order valence-electron chi connectivity index (χ4n) is 2.75. The number of halogens is 2. The first-order chi connectivity index (χ1) is 11.1. The van der Waals surface area contributed by atoms with Gasteiger partial charge in [0.1, 0.15) is 11.6 Å². The lowest BCUT2D eigenvalue weighted by Gasteiger charge is -2.29. The molecule has 120 valence electrons. The van der Waals surface area contributed by atoms with E-state index >= 15 is 0 Å². The fourth-order valence-corrected chi connectivity index (χ4v) is 3.59. The summed E-state index contributed by atoms with van der Waals surface area (Å²) < 4.78 is 26.2. The van der Waals surface area contributed by atoms with Gasteiger partial charge in [-0.15, -0.1) is 11.8 Å². The molecule has 0 fully saturated rings. The first-order valence-electron chi connectivity index (χ1n) is 7.60. The lowest BCUT2D eigenvalue weighted by atomic mass is 10.0. The number of thioether (sulfide) groups is 1. The molecule has 0 saturated heterocycles. The van der Waals surface area contributed by atoms with Gasteiger partial charge in [-0.2, -0.15) is 0 Å². The topological polar surface area (TPSA) is 20.3 Å². The van der Waals surface area contributed by atoms with Gasteiger partial charge in [0.25, 0.3) is 0 Å². The van der Waals surface area contributed by atoms with Gasteiger partial charge in [-0.1, -0.05) is 0 Å². The van der Waals surface area contributed by atoms with E-state index in [4.69, 9.17) is 0 Å². The van der Waals surface area contributed by atoms with E-state index in [0.717, 1.165) is 29.0 Å². The summed E-state index contributed by atoms with van der Waals surface area (Å²) in [5, 5.41) is 0. The van der Waals surface area contributed by atoms with E-state index < -0.39 is 0 Å². The highest BCUT2D eigenvalue weighted by atomic mass is 32.2. The van der Waals surface area contributed by atoms with Crippen molar-refractivity contribution in [3.05, 3.63) is 59.7 Å². The summed E-state index contributed by atoms with van der Waals surface area (Å²) in [6, 6.07) is 10.9. The van der Waals surface area contributed by atoms with Crippen molar-refractivity contribution in [3.8, 4) is 0 Å². The molecule has 23 heavy (non-hydrogen) atoms. The van der Waals surface area contributed by atoms with Gasteiger partial charge in [0.05, 0.1) is 0 Å². The minimum atomic E-state index is -0.261. The number of amides is 1. The number of nitrogens with zero attached hydrogens (tertiary/aromatic N) is 1. The van der Waals surface area contributed by atoms with Crippen LogP contribution in [0.2, 0.25) is 0 Å². The van der Waals surface area contributed by atoms with Crippen LogP contribution in [0.1, 0.15) is 18.4 Å². The molecule has 0 aliphatic carbocycles. The van der Waals surface area contributed by atoms with E-state index in [1.54, 1.807) is 23.1 Å². The Bertz CT molecular complexity index is 703. The molecule has 3 rings (SSSR count). The second-order valence-corrected chi connectivity index (χ2v) is 6.64. The van der Waals surface area contributed by atoms with E-state index in [1.807, 2.05) is 0 Å². The minimum absolute atomic E-state index is 0.0483. The van der Waals surface area contributed by atoms with Crippen LogP contribution in [0, 0.1) is 11.6 Å². The van der Waals surface area contributed by atoms with Crippen molar-refractivity contribution in [1.29, 1.82) is 0 Å². The maximum atomic E-state index is 13.3. The Kier molecular flexibility index (Phi) is 4.96. The van der Waals surface area contributed by atoms with E-state index in [0.29, 0.717) is 18.7 Å². The summed E-state index contributed by atoms with van der Waals surface area (Å²) in [5.74, 6) is 0.164. The third kappa shape index (κ3) is 3.91. The largest absolute Gasteiger partial charge is 0.312 e. The third-order valence-corrected chi connectivity index (χ3v) is 4.87. The van der Waals surface area contributed by atoms with Crippen molar-refractivity contribution in [2.45, 2.75) is 24.2 Å². The second-order valence-electron chi connectivity index (χ2n) is 5.47. The molecule has 0 N–H and O–H groups in total. The fraction of sp³-hybridized carbons (Fsp3) is 0.278. The predicted octanol–water partition coefficient (Wildman–Crippen LogP) is 4.43. The normalized spacial score (nSPS) is 13.7. The van der Waals surface area contributed by atoms with Crippen molar-refractivity contribution in [1.82, 2.24) is 0 Å². The first-order valence-corrected chi connectivity index (χ1v) is 8.59. The van der Waals surface area contributed by atoms with E-state index in [9.17, 15) is 13.6 Å². The van der Waals surface area contributed by atoms with E-state index in [1.165, 1.54) is 36.0 Å². The van der Waals surface area contributed by atoms with Gasteiger partial charge in [-0.3, -0.25) is 4.79 Å². The Hall–Kier alpha value is -1.88. The number of hydrogen-bond acceptors (Lipinski definition) is 2. The summed E-state index contributed by atoms with van der Waals surface area (Å²) in [5.41, 5.74) is 1.73. The van der Waals surface area contributed by atoms with Crippen LogP contribution >= 0.6 is 11.8 Å². The third-order valence-electron chi connectivity index (χ3n) is 3.86. The smallest absolute Gasteiger partial charge is 0.227 e. The molecule has 0 atom stereocenters. The second kappa shape index (κ2) is 7.13. The molecule has 2 nitrogen and oxygen atoms in total. The molecule has 2 aromatic rings. The standard InChI is InChI=1S/C18H17F2NOS/c19-14-3-6-16(7-4-14)23-11-9-18(22)21-10-1-2-13-12-15(20)5-8-17(13)21/h3-8,12H,1-2,9-11H2. The van der Waals surface area contributed by atoms with Gasteiger partial charge in [-0.25, -0.2) is 8.78 Å². The Labute approximate surface area is 138 Å². The molecular formula is C18H17F2NOS. The highest BCUT2D eigenvalue weighted by molar-refractivity contribution is 7.99. The maximum absolute atomic E-state index is 13.3. The molecule has 1 heterocycles. The average molecular weight is 333 g/mol. The zero-order valence-corrected chi connectivity index (χ0v) is 13.4. The molecular weight excluding hydrogens is 316 g/mol. The van der Waals surface area contributed by atoms with Crippen molar-refractivity contribution in [2.24, 2.45) is 0 Å². The van der Waals surface area contributed by atoms with Gasteiger partial charge < -0.3 is 4.90 Å². The van der Waals surface area contributed by atoms with Crippen LogP contribution in [0.4, 0.5) is 14.5 Å². The molecule has 1 aliphatic heterocycles. The summed E-state index contributed by atoms with van der Waals surface area (Å²) >= 11 is 1.53. The summed E-state index contributed by atoms with van der Waals surface area (Å²) in [7, 11) is 0. The van der Waals surface area contributed by atoms with Gasteiger partial charge in [0.15, 0.2) is 0 Å². The van der Waals surface area contributed by atoms with Crippen molar-refractivity contribution in [2.75, 3.05) is 17.2 Å².